The van der Waals surface area contributed by atoms with Crippen LogP contribution < -0.4 is 10.6 Å². The number of hydrogen-bond acceptors (Lipinski definition) is 4. The minimum absolute atomic E-state index is 0.124. The lowest BCUT2D eigenvalue weighted by Crippen LogP contribution is -2.26. The van der Waals surface area contributed by atoms with E-state index in [-0.39, 0.29) is 6.42 Å². The van der Waals surface area contributed by atoms with Gasteiger partial charge in [0.2, 0.25) is 5.96 Å². The molecule has 0 aliphatic heterocycles. The number of nitrogens with one attached hydrogen (secondary N) is 2. The molecule has 3 N–H and O–H groups in total. The first-order chi connectivity index (χ1) is 16.2. The van der Waals surface area contributed by atoms with Gasteiger partial charge in [-0.2, -0.15) is 5.26 Å². The fourth-order valence-electron chi connectivity index (χ4n) is 3.24. The van der Waals surface area contributed by atoms with Gasteiger partial charge < -0.3 is 10.4 Å². The number of rotatable bonds is 9. The molecule has 1 heterocycles. The number of guanidine groups is 1. The summed E-state index contributed by atoms with van der Waals surface area (Å²) in [6, 6.07) is 21.4. The zero-order valence-corrected chi connectivity index (χ0v) is 18.1. The van der Waals surface area contributed by atoms with Crippen molar-refractivity contribution in [3.8, 4) is 6.19 Å². The number of nitrogens with zero attached hydrogens (tertiary/aromatic N) is 3. The molecule has 3 aromatic rings. The van der Waals surface area contributed by atoms with Crippen LogP contribution in [0.25, 0.3) is 5.57 Å². The zero-order chi connectivity index (χ0) is 23.3. The van der Waals surface area contributed by atoms with Crippen LogP contribution in [0, 0.1) is 11.5 Å². The third-order valence-corrected chi connectivity index (χ3v) is 4.79. The Morgan fingerprint density at radius 2 is 1.91 bits per heavy atom. The molecule has 0 saturated heterocycles. The molecule has 0 saturated carbocycles. The molecular weight excluding hydrogens is 414 g/mol. The monoisotopic (exact) mass is 439 g/mol. The van der Waals surface area contributed by atoms with Crippen LogP contribution in [-0.4, -0.2) is 22.0 Å². The normalized spacial score (nSPS) is 11.5. The van der Waals surface area contributed by atoms with E-state index in [4.69, 9.17) is 10.4 Å². The van der Waals surface area contributed by atoms with E-state index in [1.807, 2.05) is 79.0 Å². The molecule has 166 valence electrons. The minimum Gasteiger partial charge on any atom is -0.481 e. The lowest BCUT2D eigenvalue weighted by Gasteiger charge is -2.12. The van der Waals surface area contributed by atoms with E-state index in [0.29, 0.717) is 25.3 Å². The Morgan fingerprint density at radius 1 is 1.09 bits per heavy atom. The van der Waals surface area contributed by atoms with Gasteiger partial charge in [-0.1, -0.05) is 54.6 Å². The van der Waals surface area contributed by atoms with Crippen LogP contribution in [-0.2, 0) is 11.3 Å². The molecule has 0 aliphatic carbocycles. The summed E-state index contributed by atoms with van der Waals surface area (Å²) >= 11 is 0. The molecular formula is C26H25N5O2. The number of nitriles is 1. The highest BCUT2D eigenvalue weighted by Crippen LogP contribution is 2.26. The summed E-state index contributed by atoms with van der Waals surface area (Å²) in [5.41, 5.74) is 4.66. The van der Waals surface area contributed by atoms with Gasteiger partial charge in [0.1, 0.15) is 0 Å². The number of hydrogen-bond donors (Lipinski definition) is 3. The number of anilines is 1. The van der Waals surface area contributed by atoms with E-state index < -0.39 is 5.97 Å². The van der Waals surface area contributed by atoms with Crippen molar-refractivity contribution in [1.82, 2.24) is 10.3 Å². The van der Waals surface area contributed by atoms with Crippen molar-refractivity contribution in [1.29, 1.82) is 5.26 Å². The number of aromatic nitrogens is 1. The van der Waals surface area contributed by atoms with Crippen LogP contribution in [0.2, 0.25) is 0 Å². The summed E-state index contributed by atoms with van der Waals surface area (Å²) in [6.07, 6.45) is 8.77. The number of carboxylic acid groups (broad SMARTS) is 1. The number of aliphatic carboxylic acids is 1. The minimum atomic E-state index is -0.801. The van der Waals surface area contributed by atoms with Crippen molar-refractivity contribution < 1.29 is 9.90 Å². The second-order valence-corrected chi connectivity index (χ2v) is 7.24. The molecule has 7 heteroatoms. The molecule has 2 aromatic carbocycles. The Bertz CT molecular complexity index is 1150. The number of benzene rings is 2. The molecule has 0 bridgehead atoms. The number of carboxylic acids is 1. The van der Waals surface area contributed by atoms with Crippen molar-refractivity contribution in [3.05, 3.63) is 102 Å². The number of carbonyl (C=O) groups is 1. The number of aliphatic imine (C=N–C) groups is 1. The van der Waals surface area contributed by atoms with Gasteiger partial charge in [0.05, 0.1) is 6.54 Å². The Labute approximate surface area is 193 Å². The Balaban J connectivity index is 1.83. The first kappa shape index (κ1) is 23.2. The summed E-state index contributed by atoms with van der Waals surface area (Å²) < 4.78 is 0. The average molecular weight is 440 g/mol. The molecule has 0 amide bonds. The van der Waals surface area contributed by atoms with E-state index in [0.717, 1.165) is 28.0 Å². The molecule has 0 aliphatic rings. The molecule has 0 radical (unpaired) electrons. The molecule has 7 nitrogen and oxygen atoms in total. The highest BCUT2D eigenvalue weighted by atomic mass is 16.4. The van der Waals surface area contributed by atoms with Gasteiger partial charge in [0.25, 0.3) is 0 Å². The lowest BCUT2D eigenvalue weighted by molar-refractivity contribution is -0.137. The topological polar surface area (TPSA) is 110 Å². The summed E-state index contributed by atoms with van der Waals surface area (Å²) in [6.45, 7) is 0.432. The van der Waals surface area contributed by atoms with Crippen LogP contribution in [0.3, 0.4) is 0 Å². The zero-order valence-electron chi connectivity index (χ0n) is 18.1. The lowest BCUT2D eigenvalue weighted by atomic mass is 9.97. The number of unbranched alkanes of at least 4 members (excludes halogenated alkanes) is 1. The molecule has 1 aromatic heterocycles. The number of allylic oxidation sites excluding steroid dienone is 1. The van der Waals surface area contributed by atoms with Crippen molar-refractivity contribution >= 4 is 23.2 Å². The van der Waals surface area contributed by atoms with Crippen LogP contribution in [0.15, 0.2) is 90.2 Å². The Kier molecular flexibility index (Phi) is 8.74. The van der Waals surface area contributed by atoms with E-state index in [2.05, 4.69) is 20.6 Å². The van der Waals surface area contributed by atoms with Gasteiger partial charge in [0.15, 0.2) is 6.19 Å². The second kappa shape index (κ2) is 12.4. The smallest absolute Gasteiger partial charge is 0.303 e. The molecule has 0 fully saturated rings. The van der Waals surface area contributed by atoms with Crippen LogP contribution in [0.1, 0.15) is 36.0 Å². The van der Waals surface area contributed by atoms with Crippen molar-refractivity contribution in [2.75, 3.05) is 5.32 Å². The molecule has 33 heavy (non-hydrogen) atoms. The highest BCUT2D eigenvalue weighted by molar-refractivity contribution is 5.95. The Hall–Kier alpha value is -4.44. The van der Waals surface area contributed by atoms with Gasteiger partial charge in [-0.15, -0.1) is 0 Å². The molecule has 0 unspecified atom stereocenters. The van der Waals surface area contributed by atoms with E-state index in [1.165, 1.54) is 0 Å². The van der Waals surface area contributed by atoms with E-state index >= 15 is 0 Å². The maximum atomic E-state index is 10.8. The van der Waals surface area contributed by atoms with Crippen LogP contribution in [0.5, 0.6) is 0 Å². The van der Waals surface area contributed by atoms with Gasteiger partial charge in [0, 0.05) is 30.1 Å². The summed E-state index contributed by atoms with van der Waals surface area (Å²) in [7, 11) is 0. The standard InChI is InChI=1S/C26H25N5O2/c27-19-30-26(29-17-20-8-2-1-3-9-20)31-23-12-6-10-21(16-23)24(13-4-5-14-25(32)33)22-11-7-15-28-18-22/h1-3,6-13,15-16,18H,4-5,14,17H2,(H,32,33)(H2,29,30,31)/b24-13+. The maximum absolute atomic E-state index is 10.8. The molecule has 0 atom stereocenters. The average Bonchev–Trinajstić information content (AvgIpc) is 2.84. The van der Waals surface area contributed by atoms with Crippen LogP contribution >= 0.6 is 0 Å². The van der Waals surface area contributed by atoms with Crippen molar-refractivity contribution in [2.45, 2.75) is 25.8 Å². The number of pyridine rings is 1. The van der Waals surface area contributed by atoms with Crippen LogP contribution in [0.4, 0.5) is 5.69 Å². The molecule has 3 rings (SSSR count). The summed E-state index contributed by atoms with van der Waals surface area (Å²) in [5, 5.41) is 23.8. The highest BCUT2D eigenvalue weighted by Gasteiger charge is 2.08. The van der Waals surface area contributed by atoms with Gasteiger partial charge in [-0.05, 0) is 47.7 Å². The largest absolute Gasteiger partial charge is 0.481 e. The predicted octanol–water partition coefficient (Wildman–Crippen LogP) is 4.81. The third kappa shape index (κ3) is 7.64. The Morgan fingerprint density at radius 3 is 2.64 bits per heavy atom. The fourth-order valence-corrected chi connectivity index (χ4v) is 3.24. The summed E-state index contributed by atoms with van der Waals surface area (Å²) in [5.74, 6) is -0.447. The maximum Gasteiger partial charge on any atom is 0.303 e. The van der Waals surface area contributed by atoms with Crippen molar-refractivity contribution in [2.24, 2.45) is 4.99 Å². The second-order valence-electron chi connectivity index (χ2n) is 7.24. The summed E-state index contributed by atoms with van der Waals surface area (Å²) in [4.78, 5) is 19.6. The first-order valence-corrected chi connectivity index (χ1v) is 10.6. The first-order valence-electron chi connectivity index (χ1n) is 10.6. The van der Waals surface area contributed by atoms with Gasteiger partial charge >= 0.3 is 5.97 Å². The quantitative estimate of drug-likeness (QED) is 0.145. The van der Waals surface area contributed by atoms with E-state index in [1.54, 1.807) is 12.4 Å². The van der Waals surface area contributed by atoms with Gasteiger partial charge in [-0.25, -0.2) is 4.99 Å². The van der Waals surface area contributed by atoms with Gasteiger partial charge in [-0.3, -0.25) is 15.1 Å². The fraction of sp³-hybridized carbons (Fsp3) is 0.154. The van der Waals surface area contributed by atoms with E-state index in [9.17, 15) is 4.79 Å². The predicted molar refractivity (Wildman–Crippen MR) is 129 cm³/mol. The SMILES string of the molecule is N#CNC(=NCc1ccccc1)Nc1cccc(/C(=C\CCCC(=O)O)c2cccnc2)c1. The van der Waals surface area contributed by atoms with Crippen molar-refractivity contribution in [3.63, 3.8) is 0 Å². The molecule has 0 spiro atoms. The third-order valence-electron chi connectivity index (χ3n) is 4.79.